The highest BCUT2D eigenvalue weighted by atomic mass is 19.3. The number of rotatable bonds is 7. The molecule has 1 aliphatic heterocycles. The molecule has 1 saturated heterocycles. The third-order valence-corrected chi connectivity index (χ3v) is 4.99. The van der Waals surface area contributed by atoms with Crippen molar-refractivity contribution < 1.29 is 13.6 Å². The first-order chi connectivity index (χ1) is 14.4. The Labute approximate surface area is 169 Å². The van der Waals surface area contributed by atoms with Crippen LogP contribution in [0.4, 0.5) is 20.4 Å². The summed E-state index contributed by atoms with van der Waals surface area (Å²) in [5.74, 6) is 0.380. The van der Waals surface area contributed by atoms with Gasteiger partial charge in [-0.2, -0.15) is 18.9 Å². The summed E-state index contributed by atoms with van der Waals surface area (Å²) >= 11 is 0. The Morgan fingerprint density at radius 1 is 1.33 bits per heavy atom. The van der Waals surface area contributed by atoms with Crippen LogP contribution in [0.3, 0.4) is 0 Å². The van der Waals surface area contributed by atoms with Crippen molar-refractivity contribution in [3.8, 4) is 0 Å². The molecule has 0 bridgehead atoms. The highest BCUT2D eigenvalue weighted by Crippen LogP contribution is 2.21. The number of nitrogens with zero attached hydrogens (tertiary/aromatic N) is 6. The van der Waals surface area contributed by atoms with Gasteiger partial charge in [-0.3, -0.25) is 14.2 Å². The normalized spacial score (nSPS) is 14.2. The molecular formula is C19H19F2N7O2. The van der Waals surface area contributed by atoms with E-state index in [1.54, 1.807) is 21.7 Å². The molecule has 1 N–H and O–H groups in total. The number of amides is 1. The monoisotopic (exact) mass is 415 g/mol. The van der Waals surface area contributed by atoms with Crippen LogP contribution in [0.25, 0.3) is 11.0 Å². The number of likely N-dealkylation sites (tertiary alicyclic amines) is 1. The zero-order valence-electron chi connectivity index (χ0n) is 15.9. The third kappa shape index (κ3) is 3.91. The molecule has 9 nitrogen and oxygen atoms in total. The summed E-state index contributed by atoms with van der Waals surface area (Å²) in [6, 6.07) is 3.10. The second-order valence-corrected chi connectivity index (χ2v) is 7.01. The molecular weight excluding hydrogens is 396 g/mol. The van der Waals surface area contributed by atoms with Gasteiger partial charge in [0.1, 0.15) is 5.65 Å². The Bertz CT molecular complexity index is 1150. The van der Waals surface area contributed by atoms with E-state index in [0.29, 0.717) is 53.4 Å². The summed E-state index contributed by atoms with van der Waals surface area (Å²) in [5, 5.41) is 7.06. The Morgan fingerprint density at radius 3 is 2.83 bits per heavy atom. The van der Waals surface area contributed by atoms with E-state index < -0.39 is 6.55 Å². The van der Waals surface area contributed by atoms with E-state index >= 15 is 0 Å². The van der Waals surface area contributed by atoms with E-state index in [1.165, 1.54) is 18.3 Å². The molecule has 156 valence electrons. The number of aromatic nitrogens is 5. The minimum atomic E-state index is -2.74. The van der Waals surface area contributed by atoms with E-state index in [-0.39, 0.29) is 17.4 Å². The Kier molecular flexibility index (Phi) is 5.25. The van der Waals surface area contributed by atoms with Gasteiger partial charge in [-0.15, -0.1) is 0 Å². The maximum atomic E-state index is 12.7. The molecule has 4 heterocycles. The molecule has 3 aromatic heterocycles. The first kappa shape index (κ1) is 19.7. The first-order valence-corrected chi connectivity index (χ1v) is 9.32. The van der Waals surface area contributed by atoms with Crippen molar-refractivity contribution in [1.82, 2.24) is 29.2 Å². The lowest BCUT2D eigenvalue weighted by atomic mass is 9.96. The predicted molar refractivity (Wildman–Crippen MR) is 105 cm³/mol. The number of anilines is 2. The van der Waals surface area contributed by atoms with Gasteiger partial charge in [0.15, 0.2) is 0 Å². The fraction of sp³-hybridized carbons (Fsp3) is 0.316. The zero-order valence-corrected chi connectivity index (χ0v) is 15.9. The van der Waals surface area contributed by atoms with Crippen molar-refractivity contribution in [3.63, 3.8) is 0 Å². The molecule has 0 saturated carbocycles. The van der Waals surface area contributed by atoms with Crippen LogP contribution in [0, 0.1) is 5.92 Å². The fourth-order valence-electron chi connectivity index (χ4n) is 3.36. The lowest BCUT2D eigenvalue weighted by Gasteiger charge is -2.38. The largest absolute Gasteiger partial charge is 0.338 e. The van der Waals surface area contributed by atoms with Crippen LogP contribution in [0.5, 0.6) is 0 Å². The van der Waals surface area contributed by atoms with Crippen LogP contribution < -0.4 is 10.9 Å². The van der Waals surface area contributed by atoms with E-state index in [9.17, 15) is 18.4 Å². The number of aryl methyl sites for hydroxylation is 1. The molecule has 1 amide bonds. The molecule has 30 heavy (non-hydrogen) atoms. The maximum Gasteiger partial charge on any atom is 0.333 e. The number of hydrogen-bond acceptors (Lipinski definition) is 6. The molecule has 11 heteroatoms. The fourth-order valence-corrected chi connectivity index (χ4v) is 3.36. The predicted octanol–water partition coefficient (Wildman–Crippen LogP) is 2.16. The average Bonchev–Trinajstić information content (AvgIpc) is 3.16. The van der Waals surface area contributed by atoms with Crippen molar-refractivity contribution in [3.05, 3.63) is 53.7 Å². The van der Waals surface area contributed by atoms with Crippen molar-refractivity contribution in [1.29, 1.82) is 0 Å². The van der Waals surface area contributed by atoms with Gasteiger partial charge in [-0.1, -0.05) is 6.58 Å². The SMILES string of the molecule is C=CC(=O)N1CC(CCn2c(=O)ccc3cnc(Nc4cnn(C(F)F)c4)nc32)C1. The molecule has 1 aliphatic rings. The van der Waals surface area contributed by atoms with Crippen LogP contribution in [0.2, 0.25) is 0 Å². The second-order valence-electron chi connectivity index (χ2n) is 7.01. The number of pyridine rings is 1. The molecule has 3 aromatic rings. The second kappa shape index (κ2) is 8.01. The number of nitrogens with one attached hydrogen (secondary N) is 1. The topological polar surface area (TPSA) is 97.9 Å². The summed E-state index contributed by atoms with van der Waals surface area (Å²) in [5.41, 5.74) is 0.552. The molecule has 0 aromatic carbocycles. The number of alkyl halides is 2. The number of halogens is 2. The summed E-state index contributed by atoms with van der Waals surface area (Å²) in [7, 11) is 0. The van der Waals surface area contributed by atoms with Gasteiger partial charge in [0.25, 0.3) is 5.56 Å². The van der Waals surface area contributed by atoms with Crippen molar-refractivity contribution in [2.24, 2.45) is 5.92 Å². The van der Waals surface area contributed by atoms with E-state index in [0.717, 1.165) is 6.20 Å². The average molecular weight is 415 g/mol. The van der Waals surface area contributed by atoms with Crippen LogP contribution >= 0.6 is 0 Å². The van der Waals surface area contributed by atoms with E-state index in [4.69, 9.17) is 0 Å². The Morgan fingerprint density at radius 2 is 2.13 bits per heavy atom. The number of fused-ring (bicyclic) bond motifs is 1. The maximum absolute atomic E-state index is 12.7. The van der Waals surface area contributed by atoms with Gasteiger partial charge in [0, 0.05) is 37.3 Å². The Hall–Kier alpha value is -3.63. The molecule has 0 unspecified atom stereocenters. The zero-order chi connectivity index (χ0) is 21.3. The van der Waals surface area contributed by atoms with Gasteiger partial charge in [-0.25, -0.2) is 9.67 Å². The standard InChI is InChI=1S/C19H19F2N7O2/c1-2-15(29)26-9-12(10-26)5-6-27-16(30)4-3-13-7-22-19(25-17(13)27)24-14-8-23-28(11-14)18(20)21/h2-4,7-8,11-12,18H,1,5-6,9-10H2,(H,22,24,25). The quantitative estimate of drug-likeness (QED) is 0.594. The molecule has 0 spiro atoms. The summed E-state index contributed by atoms with van der Waals surface area (Å²) < 4.78 is 27.4. The van der Waals surface area contributed by atoms with E-state index in [2.05, 4.69) is 27.0 Å². The van der Waals surface area contributed by atoms with E-state index in [1.807, 2.05) is 0 Å². The number of carbonyl (C=O) groups is 1. The summed E-state index contributed by atoms with van der Waals surface area (Å²) in [6.45, 7) is 2.45. The molecule has 0 aliphatic carbocycles. The van der Waals surface area contributed by atoms with Crippen LogP contribution in [-0.4, -0.2) is 48.2 Å². The molecule has 0 atom stereocenters. The van der Waals surface area contributed by atoms with Crippen molar-refractivity contribution in [2.75, 3.05) is 18.4 Å². The minimum absolute atomic E-state index is 0.0906. The van der Waals surface area contributed by atoms with Crippen molar-refractivity contribution in [2.45, 2.75) is 19.5 Å². The van der Waals surface area contributed by atoms with Gasteiger partial charge >= 0.3 is 6.55 Å². The minimum Gasteiger partial charge on any atom is -0.338 e. The van der Waals surface area contributed by atoms with Crippen LogP contribution in [0.15, 0.2) is 48.2 Å². The lowest BCUT2D eigenvalue weighted by Crippen LogP contribution is -2.49. The van der Waals surface area contributed by atoms with Gasteiger partial charge in [0.05, 0.1) is 18.1 Å². The highest BCUT2D eigenvalue weighted by molar-refractivity contribution is 5.87. The van der Waals surface area contributed by atoms with Gasteiger partial charge < -0.3 is 10.2 Å². The summed E-state index contributed by atoms with van der Waals surface area (Å²) in [6.07, 6.45) is 5.95. The summed E-state index contributed by atoms with van der Waals surface area (Å²) in [4.78, 5) is 34.3. The number of carbonyl (C=O) groups excluding carboxylic acids is 1. The molecule has 0 radical (unpaired) electrons. The van der Waals surface area contributed by atoms with Crippen LogP contribution in [0.1, 0.15) is 13.0 Å². The Balaban J connectivity index is 1.51. The third-order valence-electron chi connectivity index (χ3n) is 4.99. The molecule has 1 fully saturated rings. The smallest absolute Gasteiger partial charge is 0.333 e. The molecule has 4 rings (SSSR count). The first-order valence-electron chi connectivity index (χ1n) is 9.32. The van der Waals surface area contributed by atoms with Gasteiger partial charge in [-0.05, 0) is 24.5 Å². The number of hydrogen-bond donors (Lipinski definition) is 1. The van der Waals surface area contributed by atoms with Gasteiger partial charge in [0.2, 0.25) is 11.9 Å². The van der Waals surface area contributed by atoms with Crippen LogP contribution in [-0.2, 0) is 11.3 Å². The van der Waals surface area contributed by atoms with Crippen molar-refractivity contribution >= 4 is 28.6 Å². The highest BCUT2D eigenvalue weighted by Gasteiger charge is 2.29. The lowest BCUT2D eigenvalue weighted by molar-refractivity contribution is -0.132.